The van der Waals surface area contributed by atoms with E-state index in [2.05, 4.69) is 15.5 Å². The molecule has 0 saturated heterocycles. The van der Waals surface area contributed by atoms with E-state index >= 15 is 0 Å². The fourth-order valence-corrected chi connectivity index (χ4v) is 2.04. The first-order valence-electron chi connectivity index (χ1n) is 6.00. The SMILES string of the molecule is O=C(NN=Cc1cc(Cl)cc(Cl)c1O)c1ccc([N+](=O)[O-])cn1. The van der Waals surface area contributed by atoms with E-state index in [4.69, 9.17) is 23.2 Å². The number of hydrazone groups is 1. The summed E-state index contributed by atoms with van der Waals surface area (Å²) in [4.78, 5) is 25.3. The number of benzene rings is 1. The lowest BCUT2D eigenvalue weighted by molar-refractivity contribution is -0.385. The van der Waals surface area contributed by atoms with Crippen LogP contribution in [-0.4, -0.2) is 27.1 Å². The number of phenols is 1. The second kappa shape index (κ2) is 7.03. The summed E-state index contributed by atoms with van der Waals surface area (Å²) in [6, 6.07) is 5.10. The lowest BCUT2D eigenvalue weighted by Gasteiger charge is -2.02. The minimum Gasteiger partial charge on any atom is -0.506 e. The summed E-state index contributed by atoms with van der Waals surface area (Å²) in [5.74, 6) is -0.911. The summed E-state index contributed by atoms with van der Waals surface area (Å²) in [5, 5.41) is 24.2. The van der Waals surface area contributed by atoms with Gasteiger partial charge >= 0.3 is 0 Å². The summed E-state index contributed by atoms with van der Waals surface area (Å²) in [5.41, 5.74) is 2.08. The third-order valence-corrected chi connectivity index (χ3v) is 3.13. The maximum absolute atomic E-state index is 11.8. The van der Waals surface area contributed by atoms with Crippen LogP contribution in [0.3, 0.4) is 0 Å². The van der Waals surface area contributed by atoms with Gasteiger partial charge in [0.1, 0.15) is 17.6 Å². The minimum atomic E-state index is -0.677. The van der Waals surface area contributed by atoms with Gasteiger partial charge < -0.3 is 5.11 Å². The van der Waals surface area contributed by atoms with E-state index < -0.39 is 10.8 Å². The highest BCUT2D eigenvalue weighted by Gasteiger charge is 2.10. The number of hydrogen-bond donors (Lipinski definition) is 2. The average molecular weight is 355 g/mol. The van der Waals surface area contributed by atoms with Gasteiger partial charge in [-0.3, -0.25) is 14.9 Å². The Morgan fingerprint density at radius 2 is 2.13 bits per heavy atom. The fourth-order valence-electron chi connectivity index (χ4n) is 1.53. The maximum Gasteiger partial charge on any atom is 0.289 e. The molecule has 1 heterocycles. The number of hydrogen-bond acceptors (Lipinski definition) is 6. The van der Waals surface area contributed by atoms with Gasteiger partial charge in [0.05, 0.1) is 16.2 Å². The van der Waals surface area contributed by atoms with Crippen LogP contribution in [0.15, 0.2) is 35.6 Å². The second-order valence-corrected chi connectivity index (χ2v) is 5.03. The van der Waals surface area contributed by atoms with Crippen LogP contribution >= 0.6 is 23.2 Å². The number of aromatic nitrogens is 1. The molecule has 2 N–H and O–H groups in total. The number of nitrogens with zero attached hydrogens (tertiary/aromatic N) is 3. The molecule has 0 fully saturated rings. The Hall–Kier alpha value is -2.71. The molecule has 10 heteroatoms. The van der Waals surface area contributed by atoms with Crippen LogP contribution in [0.5, 0.6) is 5.75 Å². The zero-order valence-electron chi connectivity index (χ0n) is 11.2. The number of nitro groups is 1. The molecule has 0 radical (unpaired) electrons. The van der Waals surface area contributed by atoms with Crippen molar-refractivity contribution >= 4 is 41.0 Å². The van der Waals surface area contributed by atoms with E-state index in [0.717, 1.165) is 18.5 Å². The smallest absolute Gasteiger partial charge is 0.289 e. The Morgan fingerprint density at radius 1 is 1.39 bits per heavy atom. The van der Waals surface area contributed by atoms with E-state index in [1.165, 1.54) is 18.2 Å². The molecule has 0 spiro atoms. The summed E-state index contributed by atoms with van der Waals surface area (Å²) in [6.07, 6.45) is 2.11. The minimum absolute atomic E-state index is 0.0438. The van der Waals surface area contributed by atoms with Gasteiger partial charge in [0, 0.05) is 16.7 Å². The standard InChI is InChI=1S/C13H8Cl2N4O4/c14-8-3-7(12(20)10(15)4-8)5-17-18-13(21)11-2-1-9(6-16-11)19(22)23/h1-6,20H,(H,18,21). The van der Waals surface area contributed by atoms with Crippen LogP contribution in [0.25, 0.3) is 0 Å². The second-order valence-electron chi connectivity index (χ2n) is 4.18. The molecule has 0 aliphatic carbocycles. The molecule has 118 valence electrons. The molecule has 23 heavy (non-hydrogen) atoms. The average Bonchev–Trinajstić information content (AvgIpc) is 2.51. The van der Waals surface area contributed by atoms with Gasteiger partial charge in [0.15, 0.2) is 0 Å². The number of carbonyl (C=O) groups is 1. The molecular weight excluding hydrogens is 347 g/mol. The molecular formula is C13H8Cl2N4O4. The Kier molecular flexibility index (Phi) is 5.09. The zero-order chi connectivity index (χ0) is 17.0. The van der Waals surface area contributed by atoms with E-state index in [-0.39, 0.29) is 32.7 Å². The van der Waals surface area contributed by atoms with Gasteiger partial charge in [-0.15, -0.1) is 0 Å². The third kappa shape index (κ3) is 4.15. The summed E-state index contributed by atoms with van der Waals surface area (Å²) in [7, 11) is 0. The van der Waals surface area contributed by atoms with Crippen molar-refractivity contribution in [2.75, 3.05) is 0 Å². The number of rotatable bonds is 4. The molecule has 0 bridgehead atoms. The van der Waals surface area contributed by atoms with Crippen molar-refractivity contribution in [3.8, 4) is 5.75 Å². The quantitative estimate of drug-likeness (QED) is 0.497. The van der Waals surface area contributed by atoms with Gasteiger partial charge in [0.2, 0.25) is 0 Å². The van der Waals surface area contributed by atoms with E-state index in [1.807, 2.05) is 0 Å². The lowest BCUT2D eigenvalue weighted by Crippen LogP contribution is -2.18. The molecule has 0 aliphatic heterocycles. The van der Waals surface area contributed by atoms with Gasteiger partial charge in [-0.1, -0.05) is 23.2 Å². The fraction of sp³-hybridized carbons (Fsp3) is 0. The lowest BCUT2D eigenvalue weighted by atomic mass is 10.2. The van der Waals surface area contributed by atoms with Crippen LogP contribution in [0.1, 0.15) is 16.1 Å². The molecule has 1 amide bonds. The Bertz CT molecular complexity index is 793. The number of nitrogens with one attached hydrogen (secondary N) is 1. The first-order chi connectivity index (χ1) is 10.9. The molecule has 2 rings (SSSR count). The first kappa shape index (κ1) is 16.7. The topological polar surface area (TPSA) is 118 Å². The third-order valence-electron chi connectivity index (χ3n) is 2.62. The van der Waals surface area contributed by atoms with Crippen LogP contribution < -0.4 is 5.43 Å². The van der Waals surface area contributed by atoms with Crippen molar-refractivity contribution in [1.82, 2.24) is 10.4 Å². The van der Waals surface area contributed by atoms with Crippen molar-refractivity contribution < 1.29 is 14.8 Å². The van der Waals surface area contributed by atoms with Crippen LogP contribution in [0, 0.1) is 10.1 Å². The van der Waals surface area contributed by atoms with Crippen LogP contribution in [-0.2, 0) is 0 Å². The maximum atomic E-state index is 11.8. The van der Waals surface area contributed by atoms with Crippen LogP contribution in [0.2, 0.25) is 10.0 Å². The number of pyridine rings is 1. The number of phenolic OH excluding ortho intramolecular Hbond substituents is 1. The van der Waals surface area contributed by atoms with Crippen molar-refractivity contribution in [2.24, 2.45) is 5.10 Å². The predicted octanol–water partition coefficient (Wildman–Crippen LogP) is 2.77. The molecule has 2 aromatic rings. The Balaban J connectivity index is 2.08. The highest BCUT2D eigenvalue weighted by Crippen LogP contribution is 2.29. The monoisotopic (exact) mass is 354 g/mol. The normalized spacial score (nSPS) is 10.7. The predicted molar refractivity (Wildman–Crippen MR) is 84.1 cm³/mol. The van der Waals surface area contributed by atoms with Gasteiger partial charge in [-0.25, -0.2) is 10.4 Å². The van der Waals surface area contributed by atoms with E-state index in [0.29, 0.717) is 0 Å². The van der Waals surface area contributed by atoms with Crippen LogP contribution in [0.4, 0.5) is 5.69 Å². The number of amides is 1. The van der Waals surface area contributed by atoms with Gasteiger partial charge in [-0.05, 0) is 18.2 Å². The van der Waals surface area contributed by atoms with E-state index in [1.54, 1.807) is 0 Å². The molecule has 8 nitrogen and oxygen atoms in total. The largest absolute Gasteiger partial charge is 0.506 e. The number of halogens is 2. The Labute approximate surface area is 139 Å². The zero-order valence-corrected chi connectivity index (χ0v) is 12.7. The van der Waals surface area contributed by atoms with Crippen molar-refractivity contribution in [3.63, 3.8) is 0 Å². The number of carbonyl (C=O) groups excluding carboxylic acids is 1. The highest BCUT2D eigenvalue weighted by atomic mass is 35.5. The summed E-state index contributed by atoms with van der Waals surface area (Å²) in [6.45, 7) is 0. The summed E-state index contributed by atoms with van der Waals surface area (Å²) < 4.78 is 0. The summed E-state index contributed by atoms with van der Waals surface area (Å²) >= 11 is 11.5. The van der Waals surface area contributed by atoms with Gasteiger partial charge in [0.25, 0.3) is 11.6 Å². The molecule has 1 aromatic heterocycles. The number of aromatic hydroxyl groups is 1. The van der Waals surface area contributed by atoms with E-state index in [9.17, 15) is 20.0 Å². The van der Waals surface area contributed by atoms with Gasteiger partial charge in [-0.2, -0.15) is 5.10 Å². The molecule has 0 unspecified atom stereocenters. The Morgan fingerprint density at radius 3 is 2.74 bits per heavy atom. The molecule has 0 saturated carbocycles. The van der Waals surface area contributed by atoms with Crippen molar-refractivity contribution in [3.05, 3.63) is 61.9 Å². The molecule has 0 aliphatic rings. The van der Waals surface area contributed by atoms with Crippen molar-refractivity contribution in [2.45, 2.75) is 0 Å². The highest BCUT2D eigenvalue weighted by molar-refractivity contribution is 6.36. The van der Waals surface area contributed by atoms with Crippen molar-refractivity contribution in [1.29, 1.82) is 0 Å². The molecule has 0 atom stereocenters. The molecule has 1 aromatic carbocycles. The first-order valence-corrected chi connectivity index (χ1v) is 6.76.